The van der Waals surface area contributed by atoms with E-state index in [9.17, 15) is 4.79 Å². The maximum atomic E-state index is 10.8. The molecule has 0 aliphatic heterocycles. The van der Waals surface area contributed by atoms with Crippen LogP contribution in [0.3, 0.4) is 0 Å². The van der Waals surface area contributed by atoms with Crippen molar-refractivity contribution in [3.8, 4) is 5.13 Å². The van der Waals surface area contributed by atoms with Gasteiger partial charge in [-0.3, -0.25) is 4.79 Å². The Balaban J connectivity index is 2.38. The zero-order valence-electron chi connectivity index (χ0n) is 6.72. The highest BCUT2D eigenvalue weighted by Crippen LogP contribution is 2.18. The van der Waals surface area contributed by atoms with Gasteiger partial charge >= 0.3 is 0 Å². The molecule has 2 heterocycles. The average Bonchev–Trinajstić information content (AvgIpc) is 2.70. The van der Waals surface area contributed by atoms with Crippen molar-refractivity contribution in [2.75, 3.05) is 0 Å². The van der Waals surface area contributed by atoms with Crippen LogP contribution in [0.2, 0.25) is 0 Å². The van der Waals surface area contributed by atoms with E-state index in [4.69, 9.17) is 5.73 Å². The molecule has 2 rings (SSSR count). The summed E-state index contributed by atoms with van der Waals surface area (Å²) >= 11 is 4.49. The van der Waals surface area contributed by atoms with Crippen molar-refractivity contribution in [2.45, 2.75) is 0 Å². The molecule has 0 spiro atoms. The van der Waals surface area contributed by atoms with Crippen LogP contribution in [0.15, 0.2) is 16.2 Å². The molecule has 6 nitrogen and oxygen atoms in total. The van der Waals surface area contributed by atoms with Gasteiger partial charge in [0.05, 0.1) is 0 Å². The number of hydrogen-bond donors (Lipinski definition) is 1. The topological polar surface area (TPSA) is 86.7 Å². The molecule has 2 aromatic heterocycles. The van der Waals surface area contributed by atoms with E-state index in [1.54, 1.807) is 6.20 Å². The minimum atomic E-state index is -0.563. The van der Waals surface area contributed by atoms with Gasteiger partial charge in [0.1, 0.15) is 5.69 Å². The number of carbonyl (C=O) groups is 1. The molecule has 1 amide bonds. The fourth-order valence-electron chi connectivity index (χ4n) is 0.853. The zero-order chi connectivity index (χ0) is 10.1. The van der Waals surface area contributed by atoms with Crippen LogP contribution in [0.1, 0.15) is 10.5 Å². The predicted octanol–water partition coefficient (Wildman–Crippen LogP) is 0.585. The predicted molar refractivity (Wildman–Crippen MR) is 53.2 cm³/mol. The molecule has 8 heteroatoms. The highest BCUT2D eigenvalue weighted by Gasteiger charge is 2.08. The molecule has 2 N–H and O–H groups in total. The van der Waals surface area contributed by atoms with Gasteiger partial charge in [-0.1, -0.05) is 11.3 Å². The minimum Gasteiger partial charge on any atom is -0.364 e. The Bertz CT molecular complexity index is 478. The summed E-state index contributed by atoms with van der Waals surface area (Å²) in [6, 6.07) is 1.53. The Morgan fingerprint density at radius 3 is 2.86 bits per heavy atom. The molecular weight excluding hydrogens is 270 g/mol. The van der Waals surface area contributed by atoms with Crippen LogP contribution < -0.4 is 5.73 Å². The third-order valence-electron chi connectivity index (χ3n) is 1.43. The molecule has 0 aliphatic rings. The van der Waals surface area contributed by atoms with Crippen LogP contribution in [-0.4, -0.2) is 25.9 Å². The van der Waals surface area contributed by atoms with E-state index in [0.717, 1.165) is 0 Å². The van der Waals surface area contributed by atoms with E-state index in [1.807, 2.05) is 0 Å². The summed E-state index contributed by atoms with van der Waals surface area (Å²) in [5.41, 5.74) is 5.26. The second kappa shape index (κ2) is 3.46. The molecule has 0 aromatic carbocycles. The molecule has 2 aromatic rings. The lowest BCUT2D eigenvalue weighted by Gasteiger charge is -1.90. The summed E-state index contributed by atoms with van der Waals surface area (Å²) < 4.78 is 2.10. The minimum absolute atomic E-state index is 0.205. The van der Waals surface area contributed by atoms with Gasteiger partial charge in [-0.05, 0) is 22.0 Å². The summed E-state index contributed by atoms with van der Waals surface area (Å²) in [5.74, 6) is -0.563. The second-order valence-corrected chi connectivity index (χ2v) is 4.58. The summed E-state index contributed by atoms with van der Waals surface area (Å²) in [4.78, 5) is 10.8. The Labute approximate surface area is 90.9 Å². The van der Waals surface area contributed by atoms with E-state index in [1.165, 1.54) is 22.1 Å². The summed E-state index contributed by atoms with van der Waals surface area (Å²) in [6.45, 7) is 0. The first kappa shape index (κ1) is 9.28. The number of rotatable bonds is 2. The maximum absolute atomic E-state index is 10.8. The van der Waals surface area contributed by atoms with E-state index in [2.05, 4.69) is 31.2 Å². The second-order valence-electron chi connectivity index (χ2n) is 2.35. The highest BCUT2D eigenvalue weighted by atomic mass is 79.9. The number of nitrogens with two attached hydrogens (primary N) is 1. The van der Waals surface area contributed by atoms with Crippen molar-refractivity contribution < 1.29 is 4.79 Å². The van der Waals surface area contributed by atoms with Crippen LogP contribution >= 0.6 is 27.3 Å². The summed E-state index contributed by atoms with van der Waals surface area (Å²) in [7, 11) is 0. The number of halogens is 1. The van der Waals surface area contributed by atoms with Crippen LogP contribution in [0.5, 0.6) is 0 Å². The standard InChI is InChI=1S/C6H4BrN5OS/c7-5-9-10-6(14-5)12-2-1-3(11-12)4(8)13/h1-2H,(H2,8,13). The molecule has 0 fully saturated rings. The van der Waals surface area contributed by atoms with Crippen molar-refractivity contribution in [3.63, 3.8) is 0 Å². The van der Waals surface area contributed by atoms with Gasteiger partial charge in [-0.25, -0.2) is 4.68 Å². The van der Waals surface area contributed by atoms with Gasteiger partial charge in [0.2, 0.25) is 5.13 Å². The number of aromatic nitrogens is 4. The van der Waals surface area contributed by atoms with Crippen molar-refractivity contribution in [2.24, 2.45) is 5.73 Å². The molecule has 72 valence electrons. The van der Waals surface area contributed by atoms with Gasteiger partial charge in [0.15, 0.2) is 3.92 Å². The third-order valence-corrected chi connectivity index (χ3v) is 2.77. The smallest absolute Gasteiger partial charge is 0.269 e. The van der Waals surface area contributed by atoms with Gasteiger partial charge in [0.25, 0.3) is 5.91 Å². The Hall–Kier alpha value is -1.28. The third kappa shape index (κ3) is 1.66. The van der Waals surface area contributed by atoms with Gasteiger partial charge in [-0.15, -0.1) is 10.2 Å². The molecule has 0 radical (unpaired) electrons. The lowest BCUT2D eigenvalue weighted by atomic mass is 10.4. The van der Waals surface area contributed by atoms with Crippen molar-refractivity contribution in [1.29, 1.82) is 0 Å². The van der Waals surface area contributed by atoms with Crippen LogP contribution in [0.25, 0.3) is 5.13 Å². The monoisotopic (exact) mass is 273 g/mol. The number of amides is 1. The molecule has 0 saturated heterocycles. The first-order chi connectivity index (χ1) is 6.66. The van der Waals surface area contributed by atoms with Crippen molar-refractivity contribution >= 4 is 33.2 Å². The van der Waals surface area contributed by atoms with Crippen molar-refractivity contribution in [1.82, 2.24) is 20.0 Å². The molecular formula is C6H4BrN5OS. The van der Waals surface area contributed by atoms with E-state index < -0.39 is 5.91 Å². The van der Waals surface area contributed by atoms with Crippen LogP contribution in [0.4, 0.5) is 0 Å². The molecule has 0 unspecified atom stereocenters. The normalized spacial score (nSPS) is 10.4. The molecule has 0 bridgehead atoms. The van der Waals surface area contributed by atoms with Crippen LogP contribution in [0, 0.1) is 0 Å². The number of hydrogen-bond acceptors (Lipinski definition) is 5. The summed E-state index contributed by atoms with van der Waals surface area (Å²) in [6.07, 6.45) is 1.60. The highest BCUT2D eigenvalue weighted by molar-refractivity contribution is 9.11. The van der Waals surface area contributed by atoms with Gasteiger partial charge in [0, 0.05) is 6.20 Å². The lowest BCUT2D eigenvalue weighted by Crippen LogP contribution is -2.12. The first-order valence-electron chi connectivity index (χ1n) is 3.51. The number of carbonyl (C=O) groups excluding carboxylic acids is 1. The Kier molecular flexibility index (Phi) is 2.30. The fourth-order valence-corrected chi connectivity index (χ4v) is 1.88. The lowest BCUT2D eigenvalue weighted by molar-refractivity contribution is 0.0995. The largest absolute Gasteiger partial charge is 0.364 e. The zero-order valence-corrected chi connectivity index (χ0v) is 9.12. The molecule has 0 aliphatic carbocycles. The maximum Gasteiger partial charge on any atom is 0.269 e. The van der Waals surface area contributed by atoms with Gasteiger partial charge in [-0.2, -0.15) is 5.10 Å². The molecule has 0 saturated carbocycles. The number of primary amides is 1. The first-order valence-corrected chi connectivity index (χ1v) is 5.12. The molecule has 0 atom stereocenters. The van der Waals surface area contributed by atoms with Crippen molar-refractivity contribution in [3.05, 3.63) is 21.9 Å². The quantitative estimate of drug-likeness (QED) is 0.868. The van der Waals surface area contributed by atoms with Crippen LogP contribution in [-0.2, 0) is 0 Å². The Morgan fingerprint density at radius 2 is 2.36 bits per heavy atom. The SMILES string of the molecule is NC(=O)c1ccn(-c2nnc(Br)s2)n1. The van der Waals surface area contributed by atoms with Gasteiger partial charge < -0.3 is 5.73 Å². The Morgan fingerprint density at radius 1 is 1.57 bits per heavy atom. The average molecular weight is 274 g/mol. The summed E-state index contributed by atoms with van der Waals surface area (Å²) in [5, 5.41) is 12.1. The van der Waals surface area contributed by atoms with E-state index in [-0.39, 0.29) is 5.69 Å². The number of nitrogens with zero attached hydrogens (tertiary/aromatic N) is 4. The van der Waals surface area contributed by atoms with E-state index >= 15 is 0 Å². The molecule has 14 heavy (non-hydrogen) atoms. The fraction of sp³-hybridized carbons (Fsp3) is 0. The van der Waals surface area contributed by atoms with E-state index in [0.29, 0.717) is 9.05 Å².